The van der Waals surface area contributed by atoms with Crippen LogP contribution in [0, 0.1) is 18.8 Å². The topological polar surface area (TPSA) is 58.2 Å². The molecular formula is C23H27ClN2O2. The van der Waals surface area contributed by atoms with Crippen molar-refractivity contribution in [2.75, 3.05) is 0 Å². The Hall–Kier alpha value is -2.33. The number of carbonyl (C=O) groups is 2. The van der Waals surface area contributed by atoms with Crippen molar-refractivity contribution in [3.63, 3.8) is 0 Å². The first-order valence-corrected chi connectivity index (χ1v) is 10.2. The predicted octanol–water partition coefficient (Wildman–Crippen LogP) is 4.39. The van der Waals surface area contributed by atoms with Crippen LogP contribution in [-0.2, 0) is 22.7 Å². The summed E-state index contributed by atoms with van der Waals surface area (Å²) in [6.45, 7) is 3.04. The first-order valence-electron chi connectivity index (χ1n) is 9.87. The molecule has 148 valence electrons. The Bertz CT molecular complexity index is 812. The van der Waals surface area contributed by atoms with Crippen LogP contribution < -0.4 is 10.6 Å². The van der Waals surface area contributed by atoms with Crippen LogP contribution in [0.5, 0.6) is 0 Å². The number of amides is 2. The van der Waals surface area contributed by atoms with E-state index in [9.17, 15) is 9.59 Å². The minimum Gasteiger partial charge on any atom is -0.352 e. The number of benzene rings is 2. The van der Waals surface area contributed by atoms with Gasteiger partial charge in [0.25, 0.3) is 0 Å². The molecule has 5 heteroatoms. The normalized spacial score (nSPS) is 19.1. The second kappa shape index (κ2) is 9.74. The number of halogens is 1. The molecule has 2 aromatic carbocycles. The van der Waals surface area contributed by atoms with E-state index in [-0.39, 0.29) is 23.7 Å². The molecule has 0 heterocycles. The largest absolute Gasteiger partial charge is 0.352 e. The van der Waals surface area contributed by atoms with Crippen LogP contribution >= 0.6 is 11.6 Å². The minimum atomic E-state index is -0.0244. The molecule has 2 amide bonds. The average molecular weight is 399 g/mol. The van der Waals surface area contributed by atoms with Crippen molar-refractivity contribution < 1.29 is 9.59 Å². The Kier molecular flexibility index (Phi) is 7.10. The van der Waals surface area contributed by atoms with Gasteiger partial charge in [0.05, 0.1) is 0 Å². The molecule has 0 unspecified atom stereocenters. The van der Waals surface area contributed by atoms with E-state index in [0.717, 1.165) is 36.8 Å². The van der Waals surface area contributed by atoms with E-state index in [1.165, 1.54) is 5.56 Å². The summed E-state index contributed by atoms with van der Waals surface area (Å²) >= 11 is 6.13. The summed E-state index contributed by atoms with van der Waals surface area (Å²) in [5.74, 6) is 0.121. The maximum Gasteiger partial charge on any atom is 0.223 e. The van der Waals surface area contributed by atoms with Crippen molar-refractivity contribution in [2.24, 2.45) is 11.8 Å². The van der Waals surface area contributed by atoms with Gasteiger partial charge in [0.15, 0.2) is 0 Å². The molecule has 28 heavy (non-hydrogen) atoms. The SMILES string of the molecule is Cc1ccc(CNC(=O)C2CCC(C(=O)NCc3ccccc3Cl)CC2)cc1. The second-order valence-corrected chi connectivity index (χ2v) is 7.97. The van der Waals surface area contributed by atoms with E-state index in [4.69, 9.17) is 11.6 Å². The molecule has 0 radical (unpaired) electrons. The third-order valence-corrected chi connectivity index (χ3v) is 5.84. The smallest absolute Gasteiger partial charge is 0.223 e. The van der Waals surface area contributed by atoms with Crippen molar-refractivity contribution in [2.45, 2.75) is 45.7 Å². The maximum atomic E-state index is 12.4. The van der Waals surface area contributed by atoms with Crippen LogP contribution in [0.3, 0.4) is 0 Å². The number of rotatable bonds is 6. The highest BCUT2D eigenvalue weighted by Gasteiger charge is 2.29. The van der Waals surface area contributed by atoms with E-state index in [1.807, 2.05) is 55.5 Å². The van der Waals surface area contributed by atoms with Crippen molar-refractivity contribution in [1.82, 2.24) is 10.6 Å². The molecule has 1 aliphatic rings. The first-order chi connectivity index (χ1) is 13.5. The molecule has 4 nitrogen and oxygen atoms in total. The summed E-state index contributed by atoms with van der Waals surface area (Å²) in [6.07, 6.45) is 3.00. The fraction of sp³-hybridized carbons (Fsp3) is 0.391. The van der Waals surface area contributed by atoms with Crippen molar-refractivity contribution >= 4 is 23.4 Å². The zero-order valence-corrected chi connectivity index (χ0v) is 17.0. The molecule has 0 saturated heterocycles. The fourth-order valence-corrected chi connectivity index (χ4v) is 3.83. The van der Waals surface area contributed by atoms with Crippen LogP contribution in [0.4, 0.5) is 0 Å². The third kappa shape index (κ3) is 5.59. The molecule has 1 aliphatic carbocycles. The zero-order valence-electron chi connectivity index (χ0n) is 16.2. The van der Waals surface area contributed by atoms with Crippen molar-refractivity contribution in [1.29, 1.82) is 0 Å². The predicted molar refractivity (Wildman–Crippen MR) is 112 cm³/mol. The number of nitrogens with one attached hydrogen (secondary N) is 2. The molecule has 1 saturated carbocycles. The number of hydrogen-bond acceptors (Lipinski definition) is 2. The van der Waals surface area contributed by atoms with Gasteiger partial charge in [-0.25, -0.2) is 0 Å². The fourth-order valence-electron chi connectivity index (χ4n) is 3.63. The minimum absolute atomic E-state index is 0.00179. The van der Waals surface area contributed by atoms with Gasteiger partial charge in [0.2, 0.25) is 11.8 Å². The summed E-state index contributed by atoms with van der Waals surface area (Å²) in [5, 5.41) is 6.68. The zero-order chi connectivity index (χ0) is 19.9. The molecule has 2 aromatic rings. The van der Waals surface area contributed by atoms with Gasteiger partial charge in [-0.15, -0.1) is 0 Å². The monoisotopic (exact) mass is 398 g/mol. The number of hydrogen-bond donors (Lipinski definition) is 2. The van der Waals surface area contributed by atoms with Crippen LogP contribution in [0.1, 0.15) is 42.4 Å². The Labute approximate surface area is 171 Å². The van der Waals surface area contributed by atoms with Crippen LogP contribution in [-0.4, -0.2) is 11.8 Å². The Balaban J connectivity index is 1.40. The van der Waals surface area contributed by atoms with Gasteiger partial charge in [-0.1, -0.05) is 59.6 Å². The molecule has 1 fully saturated rings. The lowest BCUT2D eigenvalue weighted by Crippen LogP contribution is -2.37. The van der Waals surface area contributed by atoms with Gasteiger partial charge >= 0.3 is 0 Å². The summed E-state index contributed by atoms with van der Waals surface area (Å²) in [7, 11) is 0. The van der Waals surface area contributed by atoms with Crippen molar-refractivity contribution in [3.05, 3.63) is 70.2 Å². The molecule has 2 N–H and O–H groups in total. The Morgan fingerprint density at radius 3 is 1.96 bits per heavy atom. The summed E-state index contributed by atoms with van der Waals surface area (Å²) in [6, 6.07) is 15.7. The highest BCUT2D eigenvalue weighted by Crippen LogP contribution is 2.29. The van der Waals surface area contributed by atoms with E-state index >= 15 is 0 Å². The summed E-state index contributed by atoms with van der Waals surface area (Å²) in [4.78, 5) is 24.9. The van der Waals surface area contributed by atoms with Gasteiger partial charge in [0.1, 0.15) is 0 Å². The van der Waals surface area contributed by atoms with Crippen LogP contribution in [0.2, 0.25) is 5.02 Å². The molecule has 0 atom stereocenters. The second-order valence-electron chi connectivity index (χ2n) is 7.56. The average Bonchev–Trinajstić information content (AvgIpc) is 2.72. The Morgan fingerprint density at radius 1 is 0.857 bits per heavy atom. The molecule has 0 aromatic heterocycles. The van der Waals surface area contributed by atoms with Crippen LogP contribution in [0.25, 0.3) is 0 Å². The highest BCUT2D eigenvalue weighted by atomic mass is 35.5. The lowest BCUT2D eigenvalue weighted by atomic mass is 9.81. The van der Waals surface area contributed by atoms with E-state index in [0.29, 0.717) is 18.1 Å². The van der Waals surface area contributed by atoms with Crippen molar-refractivity contribution in [3.8, 4) is 0 Å². The van der Waals surface area contributed by atoms with Gasteiger partial charge in [-0.05, 0) is 49.8 Å². The highest BCUT2D eigenvalue weighted by molar-refractivity contribution is 6.31. The van der Waals surface area contributed by atoms with Gasteiger partial charge in [-0.3, -0.25) is 9.59 Å². The van der Waals surface area contributed by atoms with Gasteiger partial charge in [0, 0.05) is 29.9 Å². The van der Waals surface area contributed by atoms with Gasteiger partial charge in [-0.2, -0.15) is 0 Å². The van der Waals surface area contributed by atoms with Gasteiger partial charge < -0.3 is 10.6 Å². The van der Waals surface area contributed by atoms with E-state index in [1.54, 1.807) is 0 Å². The van der Waals surface area contributed by atoms with E-state index < -0.39 is 0 Å². The Morgan fingerprint density at radius 2 is 1.39 bits per heavy atom. The maximum absolute atomic E-state index is 12.4. The lowest BCUT2D eigenvalue weighted by molar-refractivity contribution is -0.130. The molecule has 3 rings (SSSR count). The lowest BCUT2D eigenvalue weighted by Gasteiger charge is -2.27. The quantitative estimate of drug-likeness (QED) is 0.758. The third-order valence-electron chi connectivity index (χ3n) is 5.47. The standard InChI is InChI=1S/C23H27ClN2O2/c1-16-6-8-17(9-7-16)14-25-22(27)18-10-12-19(13-11-18)23(28)26-15-20-4-2-3-5-21(20)24/h2-9,18-19H,10-15H2,1H3,(H,25,27)(H,26,28). The number of aryl methyl sites for hydroxylation is 1. The summed E-state index contributed by atoms with van der Waals surface area (Å²) in [5.41, 5.74) is 3.23. The molecule has 0 bridgehead atoms. The summed E-state index contributed by atoms with van der Waals surface area (Å²) < 4.78 is 0. The molecule has 0 aliphatic heterocycles. The molecular weight excluding hydrogens is 372 g/mol. The van der Waals surface area contributed by atoms with Crippen LogP contribution in [0.15, 0.2) is 48.5 Å². The number of carbonyl (C=O) groups excluding carboxylic acids is 2. The first kappa shape index (κ1) is 20.4. The van der Waals surface area contributed by atoms with E-state index in [2.05, 4.69) is 10.6 Å². The molecule has 0 spiro atoms.